The Bertz CT molecular complexity index is 957. The highest BCUT2D eigenvalue weighted by atomic mass is 16.5. The van der Waals surface area contributed by atoms with E-state index < -0.39 is 5.92 Å². The Morgan fingerprint density at radius 1 is 1.41 bits per heavy atom. The number of carbonyl (C=O) groups is 1. The van der Waals surface area contributed by atoms with Crippen molar-refractivity contribution in [3.8, 4) is 5.75 Å². The number of nitrogens with one attached hydrogen (secondary N) is 1. The van der Waals surface area contributed by atoms with Crippen molar-refractivity contribution in [3.05, 3.63) is 57.9 Å². The molecule has 0 saturated carbocycles. The minimum atomic E-state index is -0.409. The van der Waals surface area contributed by atoms with Crippen LogP contribution in [-0.4, -0.2) is 25.6 Å². The van der Waals surface area contributed by atoms with E-state index >= 15 is 0 Å². The van der Waals surface area contributed by atoms with E-state index in [-0.39, 0.29) is 17.9 Å². The molecule has 0 amide bonds. The van der Waals surface area contributed by atoms with Crippen LogP contribution in [0.2, 0.25) is 0 Å². The van der Waals surface area contributed by atoms with Crippen molar-refractivity contribution in [2.45, 2.75) is 19.3 Å². The molecule has 0 aliphatic carbocycles. The third kappa shape index (κ3) is 1.82. The number of pyridine rings is 1. The first-order valence-corrected chi connectivity index (χ1v) is 6.86. The zero-order valence-corrected chi connectivity index (χ0v) is 11.7. The summed E-state index contributed by atoms with van der Waals surface area (Å²) in [6.45, 7) is 1.75. The number of aryl methyl sites for hydroxylation is 1. The summed E-state index contributed by atoms with van der Waals surface area (Å²) < 4.78 is 6.85. The molecule has 3 aromatic rings. The first kappa shape index (κ1) is 12.8. The molecular weight excluding hydrogens is 284 g/mol. The van der Waals surface area contributed by atoms with Gasteiger partial charge in [0.2, 0.25) is 0 Å². The molecule has 0 radical (unpaired) electrons. The van der Waals surface area contributed by atoms with Gasteiger partial charge in [-0.25, -0.2) is 9.50 Å². The smallest absolute Gasteiger partial charge is 0.312 e. The number of nitrogens with zero attached hydrogens (tertiary/aromatic N) is 3. The van der Waals surface area contributed by atoms with Crippen molar-refractivity contribution in [1.82, 2.24) is 19.6 Å². The molecule has 4 heterocycles. The number of H-pyrrole nitrogens is 1. The van der Waals surface area contributed by atoms with Gasteiger partial charge in [-0.1, -0.05) is 0 Å². The number of rotatable bonds is 1. The van der Waals surface area contributed by atoms with Gasteiger partial charge in [-0.05, 0) is 13.0 Å². The standard InChI is InChI=1S/C15H12N4O3/c1-8-5-11-13(15(21)18-8)9(6-12(20)22-11)10-7-17-19-4-2-3-16-14(10)19/h2-5,7,9H,6H2,1H3,(H,18,21). The van der Waals surface area contributed by atoms with E-state index in [4.69, 9.17) is 4.74 Å². The molecular formula is C15H12N4O3. The third-order valence-electron chi connectivity index (χ3n) is 3.79. The van der Waals surface area contributed by atoms with Gasteiger partial charge in [0.25, 0.3) is 5.56 Å². The van der Waals surface area contributed by atoms with E-state index in [1.165, 1.54) is 0 Å². The molecule has 0 aromatic carbocycles. The molecule has 1 unspecified atom stereocenters. The van der Waals surface area contributed by atoms with Crippen LogP contribution in [0.5, 0.6) is 5.75 Å². The SMILES string of the molecule is Cc1cc2c(c(=O)[nH]1)C(c1cnn3cccnc13)CC(=O)O2. The summed E-state index contributed by atoms with van der Waals surface area (Å²) in [5.41, 5.74) is 2.23. The van der Waals surface area contributed by atoms with E-state index in [2.05, 4.69) is 15.1 Å². The molecule has 7 heteroatoms. The summed E-state index contributed by atoms with van der Waals surface area (Å²) in [4.78, 5) is 31.3. The Kier molecular flexibility index (Phi) is 2.62. The Hall–Kier alpha value is -2.96. The molecule has 1 N–H and O–H groups in total. The molecule has 1 aliphatic heterocycles. The minimum absolute atomic E-state index is 0.0943. The number of aromatic nitrogens is 4. The zero-order valence-electron chi connectivity index (χ0n) is 11.7. The van der Waals surface area contributed by atoms with Gasteiger partial charge < -0.3 is 9.72 Å². The molecule has 7 nitrogen and oxygen atoms in total. The number of fused-ring (bicyclic) bond motifs is 2. The number of aromatic amines is 1. The fourth-order valence-corrected chi connectivity index (χ4v) is 2.87. The predicted molar refractivity (Wildman–Crippen MR) is 76.9 cm³/mol. The van der Waals surface area contributed by atoms with Crippen molar-refractivity contribution in [3.63, 3.8) is 0 Å². The average molecular weight is 296 g/mol. The average Bonchev–Trinajstić information content (AvgIpc) is 2.89. The van der Waals surface area contributed by atoms with Crippen LogP contribution in [0.15, 0.2) is 35.5 Å². The summed E-state index contributed by atoms with van der Waals surface area (Å²) in [7, 11) is 0. The number of carbonyl (C=O) groups excluding carboxylic acids is 1. The fourth-order valence-electron chi connectivity index (χ4n) is 2.87. The zero-order chi connectivity index (χ0) is 15.3. The van der Waals surface area contributed by atoms with Crippen LogP contribution in [-0.2, 0) is 4.79 Å². The van der Waals surface area contributed by atoms with Gasteiger partial charge in [0.05, 0.1) is 18.2 Å². The molecule has 4 rings (SSSR count). The number of esters is 1. The summed E-state index contributed by atoms with van der Waals surface area (Å²) in [5.74, 6) is -0.455. The van der Waals surface area contributed by atoms with E-state index in [0.717, 1.165) is 5.56 Å². The molecule has 0 spiro atoms. The van der Waals surface area contributed by atoms with Crippen LogP contribution in [0, 0.1) is 6.92 Å². The maximum absolute atomic E-state index is 12.3. The molecule has 0 fully saturated rings. The van der Waals surface area contributed by atoms with Crippen LogP contribution in [0.4, 0.5) is 0 Å². The van der Waals surface area contributed by atoms with Gasteiger partial charge in [0, 0.05) is 35.6 Å². The van der Waals surface area contributed by atoms with Gasteiger partial charge in [0.1, 0.15) is 5.75 Å². The second-order valence-corrected chi connectivity index (χ2v) is 5.28. The maximum Gasteiger partial charge on any atom is 0.312 e. The van der Waals surface area contributed by atoms with Crippen molar-refractivity contribution in [2.24, 2.45) is 0 Å². The Morgan fingerprint density at radius 3 is 3.14 bits per heavy atom. The Labute approximate surface area is 124 Å². The van der Waals surface area contributed by atoms with Crippen molar-refractivity contribution >= 4 is 11.6 Å². The molecule has 110 valence electrons. The first-order valence-electron chi connectivity index (χ1n) is 6.86. The van der Waals surface area contributed by atoms with Gasteiger partial charge in [-0.2, -0.15) is 5.10 Å². The normalized spacial score (nSPS) is 17.3. The third-order valence-corrected chi connectivity index (χ3v) is 3.79. The quantitative estimate of drug-likeness (QED) is 0.681. The summed E-state index contributed by atoms with van der Waals surface area (Å²) in [6.07, 6.45) is 5.17. The van der Waals surface area contributed by atoms with Crippen molar-refractivity contribution < 1.29 is 9.53 Å². The summed E-state index contributed by atoms with van der Waals surface area (Å²) in [6, 6.07) is 3.43. The maximum atomic E-state index is 12.3. The monoisotopic (exact) mass is 296 g/mol. The van der Waals surface area contributed by atoms with Gasteiger partial charge in [-0.15, -0.1) is 0 Å². The number of ether oxygens (including phenoxy) is 1. The Balaban J connectivity index is 1.97. The summed E-state index contributed by atoms with van der Waals surface area (Å²) >= 11 is 0. The van der Waals surface area contributed by atoms with Gasteiger partial charge >= 0.3 is 5.97 Å². The molecule has 3 aromatic heterocycles. The van der Waals surface area contributed by atoms with Crippen molar-refractivity contribution in [1.29, 1.82) is 0 Å². The second kappa shape index (κ2) is 4.52. The molecule has 0 bridgehead atoms. The lowest BCUT2D eigenvalue weighted by molar-refractivity contribution is -0.135. The molecule has 1 aliphatic rings. The molecule has 22 heavy (non-hydrogen) atoms. The van der Waals surface area contributed by atoms with E-state index in [9.17, 15) is 9.59 Å². The second-order valence-electron chi connectivity index (χ2n) is 5.28. The summed E-state index contributed by atoms with van der Waals surface area (Å²) in [5, 5.41) is 4.23. The highest BCUT2D eigenvalue weighted by Gasteiger charge is 2.33. The predicted octanol–water partition coefficient (Wildman–Crippen LogP) is 1.17. The Morgan fingerprint density at radius 2 is 2.27 bits per heavy atom. The van der Waals surface area contributed by atoms with Crippen LogP contribution >= 0.6 is 0 Å². The lowest BCUT2D eigenvalue weighted by atomic mass is 9.88. The number of hydrogen-bond donors (Lipinski definition) is 1. The highest BCUT2D eigenvalue weighted by molar-refractivity contribution is 5.78. The van der Waals surface area contributed by atoms with Crippen LogP contribution in [0.1, 0.15) is 29.2 Å². The van der Waals surface area contributed by atoms with E-state index in [1.807, 2.05) is 0 Å². The topological polar surface area (TPSA) is 89.4 Å². The first-order chi connectivity index (χ1) is 10.6. The highest BCUT2D eigenvalue weighted by Crippen LogP contribution is 2.37. The van der Waals surface area contributed by atoms with Gasteiger partial charge in [0.15, 0.2) is 5.65 Å². The van der Waals surface area contributed by atoms with Crippen LogP contribution in [0.25, 0.3) is 5.65 Å². The molecule has 1 atom stereocenters. The van der Waals surface area contributed by atoms with E-state index in [1.54, 1.807) is 42.2 Å². The minimum Gasteiger partial charge on any atom is -0.426 e. The molecule has 0 saturated heterocycles. The lowest BCUT2D eigenvalue weighted by Gasteiger charge is -2.23. The van der Waals surface area contributed by atoms with Crippen molar-refractivity contribution in [2.75, 3.05) is 0 Å². The lowest BCUT2D eigenvalue weighted by Crippen LogP contribution is -2.28. The number of hydrogen-bond acceptors (Lipinski definition) is 5. The van der Waals surface area contributed by atoms with Gasteiger partial charge in [-0.3, -0.25) is 9.59 Å². The fraction of sp³-hybridized carbons (Fsp3) is 0.200. The largest absolute Gasteiger partial charge is 0.426 e. The van der Waals surface area contributed by atoms with Crippen LogP contribution in [0.3, 0.4) is 0 Å². The van der Waals surface area contributed by atoms with E-state index in [0.29, 0.717) is 22.7 Å². The van der Waals surface area contributed by atoms with Crippen LogP contribution < -0.4 is 10.3 Å².